The SMILES string of the molecule is CCCCCC(C)(C/C=C/Cl)CCCC. The highest BCUT2D eigenvalue weighted by atomic mass is 35.5. The van der Waals surface area contributed by atoms with Gasteiger partial charge in [-0.25, -0.2) is 0 Å². The quantitative estimate of drug-likeness (QED) is 0.432. The van der Waals surface area contributed by atoms with Crippen LogP contribution in [0.3, 0.4) is 0 Å². The number of allylic oxidation sites excluding steroid dienone is 1. The van der Waals surface area contributed by atoms with Gasteiger partial charge in [-0.1, -0.05) is 70.6 Å². The summed E-state index contributed by atoms with van der Waals surface area (Å²) in [6, 6.07) is 0. The Kier molecular flexibility index (Phi) is 9.29. The highest BCUT2D eigenvalue weighted by Gasteiger charge is 2.21. The Labute approximate surface area is 101 Å². The smallest absolute Gasteiger partial charge is 0.000266 e. The lowest BCUT2D eigenvalue weighted by molar-refractivity contribution is 0.257. The van der Waals surface area contributed by atoms with Crippen molar-refractivity contribution in [2.75, 3.05) is 0 Å². The van der Waals surface area contributed by atoms with Crippen LogP contribution in [0.15, 0.2) is 11.6 Å². The Bertz CT molecular complexity index is 163. The van der Waals surface area contributed by atoms with E-state index in [9.17, 15) is 0 Å². The molecule has 0 N–H and O–H groups in total. The molecule has 0 aromatic rings. The Morgan fingerprint density at radius 3 is 2.13 bits per heavy atom. The standard InChI is InChI=1S/C14H27Cl/c1-4-6-8-11-14(3,10-7-5-2)12-9-13-15/h9,13H,4-8,10-12H2,1-3H3/b13-9+. The maximum atomic E-state index is 5.62. The van der Waals surface area contributed by atoms with Crippen LogP contribution < -0.4 is 0 Å². The van der Waals surface area contributed by atoms with Crippen LogP contribution in [0.4, 0.5) is 0 Å². The van der Waals surface area contributed by atoms with Crippen LogP contribution >= 0.6 is 11.6 Å². The van der Waals surface area contributed by atoms with E-state index in [4.69, 9.17) is 11.6 Å². The van der Waals surface area contributed by atoms with E-state index in [1.54, 1.807) is 5.54 Å². The van der Waals surface area contributed by atoms with Crippen molar-refractivity contribution in [3.05, 3.63) is 11.6 Å². The Morgan fingerprint density at radius 1 is 1.00 bits per heavy atom. The van der Waals surface area contributed by atoms with E-state index in [1.807, 2.05) is 0 Å². The van der Waals surface area contributed by atoms with Crippen molar-refractivity contribution in [1.82, 2.24) is 0 Å². The minimum absolute atomic E-state index is 0.483. The molecule has 0 radical (unpaired) electrons. The van der Waals surface area contributed by atoms with E-state index in [0.29, 0.717) is 5.41 Å². The minimum Gasteiger partial charge on any atom is -0.0933 e. The third-order valence-electron chi connectivity index (χ3n) is 3.22. The first-order valence-electron chi connectivity index (χ1n) is 6.43. The summed E-state index contributed by atoms with van der Waals surface area (Å²) in [6.45, 7) is 6.95. The van der Waals surface area contributed by atoms with Gasteiger partial charge in [-0.05, 0) is 24.7 Å². The summed E-state index contributed by atoms with van der Waals surface area (Å²) in [7, 11) is 0. The van der Waals surface area contributed by atoms with Crippen molar-refractivity contribution in [3.63, 3.8) is 0 Å². The Balaban J connectivity index is 4.01. The molecule has 0 aromatic carbocycles. The molecule has 0 aliphatic heterocycles. The van der Waals surface area contributed by atoms with E-state index in [2.05, 4.69) is 26.8 Å². The van der Waals surface area contributed by atoms with Crippen molar-refractivity contribution in [2.24, 2.45) is 5.41 Å². The predicted molar refractivity (Wildman–Crippen MR) is 71.4 cm³/mol. The van der Waals surface area contributed by atoms with Crippen molar-refractivity contribution in [1.29, 1.82) is 0 Å². The summed E-state index contributed by atoms with van der Waals surface area (Å²) >= 11 is 5.62. The van der Waals surface area contributed by atoms with Gasteiger partial charge >= 0.3 is 0 Å². The lowest BCUT2D eigenvalue weighted by Crippen LogP contribution is -2.15. The van der Waals surface area contributed by atoms with E-state index < -0.39 is 0 Å². The molecule has 0 bridgehead atoms. The van der Waals surface area contributed by atoms with Gasteiger partial charge in [0.2, 0.25) is 0 Å². The zero-order chi connectivity index (χ0) is 11.6. The van der Waals surface area contributed by atoms with Gasteiger partial charge in [0.05, 0.1) is 0 Å². The van der Waals surface area contributed by atoms with Gasteiger partial charge in [0, 0.05) is 5.54 Å². The molecule has 0 saturated carbocycles. The lowest BCUT2D eigenvalue weighted by Gasteiger charge is -2.28. The highest BCUT2D eigenvalue weighted by Crippen LogP contribution is 2.34. The number of halogens is 1. The van der Waals surface area contributed by atoms with Crippen molar-refractivity contribution < 1.29 is 0 Å². The topological polar surface area (TPSA) is 0 Å². The third-order valence-corrected chi connectivity index (χ3v) is 3.40. The number of hydrogen-bond donors (Lipinski definition) is 0. The lowest BCUT2D eigenvalue weighted by atomic mass is 9.77. The van der Waals surface area contributed by atoms with Crippen LogP contribution in [0, 0.1) is 5.41 Å². The fourth-order valence-electron chi connectivity index (χ4n) is 2.06. The summed E-state index contributed by atoms with van der Waals surface area (Å²) in [6.07, 6.45) is 12.6. The van der Waals surface area contributed by atoms with Crippen molar-refractivity contribution in [2.45, 2.75) is 72.1 Å². The molecule has 15 heavy (non-hydrogen) atoms. The van der Waals surface area contributed by atoms with E-state index in [-0.39, 0.29) is 0 Å². The Hall–Kier alpha value is 0.0300. The van der Waals surface area contributed by atoms with E-state index >= 15 is 0 Å². The molecule has 0 spiro atoms. The first kappa shape index (κ1) is 15.0. The molecular formula is C14H27Cl. The molecule has 0 aliphatic rings. The molecule has 0 fully saturated rings. The number of rotatable bonds is 9. The molecule has 1 heteroatoms. The van der Waals surface area contributed by atoms with Gasteiger partial charge in [0.15, 0.2) is 0 Å². The summed E-state index contributed by atoms with van der Waals surface area (Å²) < 4.78 is 0. The monoisotopic (exact) mass is 230 g/mol. The van der Waals surface area contributed by atoms with Crippen molar-refractivity contribution in [3.8, 4) is 0 Å². The summed E-state index contributed by atoms with van der Waals surface area (Å²) in [5, 5.41) is 0. The third kappa shape index (κ3) is 7.90. The van der Waals surface area contributed by atoms with Crippen LogP contribution in [0.1, 0.15) is 72.1 Å². The molecule has 0 rings (SSSR count). The molecule has 1 unspecified atom stereocenters. The normalized spacial score (nSPS) is 15.7. The van der Waals surface area contributed by atoms with Crippen molar-refractivity contribution >= 4 is 11.6 Å². The number of unbranched alkanes of at least 4 members (excludes halogenated alkanes) is 3. The fraction of sp³-hybridized carbons (Fsp3) is 0.857. The van der Waals surface area contributed by atoms with Gasteiger partial charge in [0.25, 0.3) is 0 Å². The average Bonchev–Trinajstić information content (AvgIpc) is 2.24. The predicted octanol–water partition coefficient (Wildman–Crippen LogP) is 5.91. The Morgan fingerprint density at radius 2 is 1.60 bits per heavy atom. The highest BCUT2D eigenvalue weighted by molar-refractivity contribution is 6.25. The maximum Gasteiger partial charge on any atom is 0.000266 e. The first-order chi connectivity index (χ1) is 7.18. The first-order valence-corrected chi connectivity index (χ1v) is 6.87. The molecule has 0 saturated heterocycles. The number of hydrogen-bond acceptors (Lipinski definition) is 0. The molecule has 90 valence electrons. The summed E-state index contributed by atoms with van der Waals surface area (Å²) in [5.41, 5.74) is 2.15. The van der Waals surface area contributed by atoms with Crippen LogP contribution in [-0.4, -0.2) is 0 Å². The van der Waals surface area contributed by atoms with Gasteiger partial charge in [-0.2, -0.15) is 0 Å². The molecule has 0 nitrogen and oxygen atoms in total. The molecule has 0 amide bonds. The van der Waals surface area contributed by atoms with Gasteiger partial charge in [0.1, 0.15) is 0 Å². The molecular weight excluding hydrogens is 204 g/mol. The van der Waals surface area contributed by atoms with Crippen LogP contribution in [0.25, 0.3) is 0 Å². The van der Waals surface area contributed by atoms with E-state index in [0.717, 1.165) is 6.42 Å². The zero-order valence-corrected chi connectivity index (χ0v) is 11.4. The molecule has 1 atom stereocenters. The average molecular weight is 231 g/mol. The summed E-state index contributed by atoms with van der Waals surface area (Å²) in [4.78, 5) is 0. The van der Waals surface area contributed by atoms with Crippen LogP contribution in [0.2, 0.25) is 0 Å². The summed E-state index contributed by atoms with van der Waals surface area (Å²) in [5.74, 6) is 0. The second-order valence-electron chi connectivity index (χ2n) is 4.94. The second-order valence-corrected chi connectivity index (χ2v) is 5.19. The van der Waals surface area contributed by atoms with E-state index in [1.165, 1.54) is 44.9 Å². The van der Waals surface area contributed by atoms with Gasteiger partial charge < -0.3 is 0 Å². The van der Waals surface area contributed by atoms with Gasteiger partial charge in [-0.15, -0.1) is 0 Å². The second kappa shape index (κ2) is 9.27. The van der Waals surface area contributed by atoms with Crippen LogP contribution in [-0.2, 0) is 0 Å². The molecule has 0 aliphatic carbocycles. The maximum absolute atomic E-state index is 5.62. The molecule has 0 aromatic heterocycles. The van der Waals surface area contributed by atoms with Crippen LogP contribution in [0.5, 0.6) is 0 Å². The minimum atomic E-state index is 0.483. The van der Waals surface area contributed by atoms with Gasteiger partial charge in [-0.3, -0.25) is 0 Å². The molecule has 0 heterocycles. The zero-order valence-electron chi connectivity index (χ0n) is 10.7. The largest absolute Gasteiger partial charge is 0.0933 e. The fourth-order valence-corrected chi connectivity index (χ4v) is 2.15.